The van der Waals surface area contributed by atoms with Crippen molar-refractivity contribution in [2.75, 3.05) is 17.7 Å². The third-order valence-electron chi connectivity index (χ3n) is 4.66. The van der Waals surface area contributed by atoms with E-state index >= 15 is 0 Å². The van der Waals surface area contributed by atoms with Crippen LogP contribution in [0.25, 0.3) is 11.3 Å². The molecular formula is C23H23N3O4S2. The summed E-state index contributed by atoms with van der Waals surface area (Å²) in [6.45, 7) is 3.87. The fraction of sp³-hybridized carbons (Fsp3) is 0.261. The molecule has 32 heavy (non-hydrogen) atoms. The average Bonchev–Trinajstić information content (AvgIpc) is 3.30. The molecule has 0 unspecified atom stereocenters. The Morgan fingerprint density at radius 1 is 1.22 bits per heavy atom. The topological polar surface area (TPSA) is 104 Å². The number of anilines is 1. The molecule has 3 aromatic rings. The Balaban J connectivity index is 1.48. The molecule has 7 nitrogen and oxygen atoms in total. The van der Waals surface area contributed by atoms with Crippen molar-refractivity contribution in [3.63, 3.8) is 0 Å². The van der Waals surface area contributed by atoms with Crippen molar-refractivity contribution in [2.24, 2.45) is 5.73 Å². The van der Waals surface area contributed by atoms with Gasteiger partial charge in [-0.2, -0.15) is 0 Å². The maximum absolute atomic E-state index is 12.7. The number of primary amides is 1. The number of rotatable bonds is 8. The van der Waals surface area contributed by atoms with Crippen molar-refractivity contribution >= 4 is 39.9 Å². The maximum atomic E-state index is 12.7. The summed E-state index contributed by atoms with van der Waals surface area (Å²) < 4.78 is 12.4. The Bertz CT molecular complexity index is 1150. The summed E-state index contributed by atoms with van der Waals surface area (Å²) in [5, 5.41) is 3.48. The van der Waals surface area contributed by atoms with Gasteiger partial charge in [-0.15, -0.1) is 0 Å². The zero-order valence-electron chi connectivity index (χ0n) is 17.7. The second kappa shape index (κ2) is 9.22. The first-order chi connectivity index (χ1) is 15.3. The molecular weight excluding hydrogens is 446 g/mol. The normalized spacial score (nSPS) is 13.8. The van der Waals surface area contributed by atoms with Gasteiger partial charge in [-0.25, -0.2) is 4.98 Å². The van der Waals surface area contributed by atoms with Crippen molar-refractivity contribution in [3.05, 3.63) is 54.1 Å². The molecule has 1 aromatic heterocycles. The lowest BCUT2D eigenvalue weighted by atomic mass is 10.0. The molecule has 2 amide bonds. The first-order valence-electron chi connectivity index (χ1n) is 10.0. The molecule has 166 valence electrons. The number of nitrogens with two attached hydrogens (primary N) is 1. The number of amides is 2. The lowest BCUT2D eigenvalue weighted by molar-refractivity contribution is -0.118. The van der Waals surface area contributed by atoms with Crippen molar-refractivity contribution in [3.8, 4) is 22.8 Å². The Morgan fingerprint density at radius 3 is 2.75 bits per heavy atom. The predicted molar refractivity (Wildman–Crippen MR) is 126 cm³/mol. The van der Waals surface area contributed by atoms with Gasteiger partial charge in [0.25, 0.3) is 5.91 Å². The molecule has 0 radical (unpaired) electrons. The van der Waals surface area contributed by atoms with Gasteiger partial charge in [0.1, 0.15) is 16.3 Å². The van der Waals surface area contributed by atoms with Crippen molar-refractivity contribution < 1.29 is 19.1 Å². The van der Waals surface area contributed by atoms with Crippen LogP contribution in [0.3, 0.4) is 0 Å². The van der Waals surface area contributed by atoms with Gasteiger partial charge in [-0.1, -0.05) is 65.6 Å². The van der Waals surface area contributed by atoms with Gasteiger partial charge in [-0.05, 0) is 19.9 Å². The Hall–Kier alpha value is -3.04. The molecule has 0 spiro atoms. The van der Waals surface area contributed by atoms with Crippen LogP contribution in [0.1, 0.15) is 19.4 Å². The van der Waals surface area contributed by atoms with Crippen LogP contribution in [0.2, 0.25) is 0 Å². The van der Waals surface area contributed by atoms with E-state index in [1.165, 1.54) is 23.1 Å². The van der Waals surface area contributed by atoms with E-state index in [2.05, 4.69) is 10.3 Å². The zero-order chi connectivity index (χ0) is 22.7. The van der Waals surface area contributed by atoms with Crippen LogP contribution in [-0.4, -0.2) is 34.8 Å². The first kappa shape index (κ1) is 22.2. The number of benzene rings is 2. The quantitative estimate of drug-likeness (QED) is 0.481. The lowest BCUT2D eigenvalue weighted by Crippen LogP contribution is -2.25. The monoisotopic (exact) mass is 469 g/mol. The molecule has 1 aliphatic heterocycles. The summed E-state index contributed by atoms with van der Waals surface area (Å²) in [4.78, 5) is 28.4. The number of carbonyl (C=O) groups excluding carboxylic acids is 2. The molecule has 0 saturated carbocycles. The average molecular weight is 470 g/mol. The summed E-state index contributed by atoms with van der Waals surface area (Å²) in [5.74, 6) is 0.623. The largest absolute Gasteiger partial charge is 0.483 e. The van der Waals surface area contributed by atoms with Crippen LogP contribution in [0.4, 0.5) is 5.00 Å². The number of para-hydroxylation sites is 1. The number of nitrogens with one attached hydrogen (secondary N) is 1. The molecule has 9 heteroatoms. The second-order valence-electron chi connectivity index (χ2n) is 7.90. The second-order valence-corrected chi connectivity index (χ2v) is 10.1. The van der Waals surface area contributed by atoms with Gasteiger partial charge in [0.05, 0.1) is 5.75 Å². The van der Waals surface area contributed by atoms with Crippen LogP contribution in [0.15, 0.2) is 52.9 Å². The SMILES string of the molecule is CC1(C)Cc2cccc(OCC(=O)Nc3sc(SCC(N)=O)nc3-c3ccccc3)c2O1. The molecule has 0 atom stereocenters. The highest BCUT2D eigenvalue weighted by molar-refractivity contribution is 8.01. The fourth-order valence-electron chi connectivity index (χ4n) is 3.38. The minimum absolute atomic E-state index is 0.119. The molecule has 3 N–H and O–H groups in total. The third kappa shape index (κ3) is 5.23. The standard InChI is InChI=1S/C23H23N3O4S2/c1-23(2)11-15-9-6-10-16(20(15)30-23)29-12-18(28)25-21-19(14-7-4-3-5-8-14)26-22(32-21)31-13-17(24)27/h3-10H,11-13H2,1-2H3,(H2,24,27)(H,25,28). The highest BCUT2D eigenvalue weighted by Crippen LogP contribution is 2.42. The lowest BCUT2D eigenvalue weighted by Gasteiger charge is -2.18. The molecule has 0 bridgehead atoms. The van der Waals surface area contributed by atoms with Crippen molar-refractivity contribution in [1.82, 2.24) is 4.98 Å². The molecule has 2 heterocycles. The van der Waals surface area contributed by atoms with Gasteiger partial charge >= 0.3 is 0 Å². The third-order valence-corrected chi connectivity index (χ3v) is 6.80. The number of carbonyl (C=O) groups is 2. The summed E-state index contributed by atoms with van der Waals surface area (Å²) in [7, 11) is 0. The molecule has 0 aliphatic carbocycles. The van der Waals surface area contributed by atoms with Gasteiger partial charge in [0, 0.05) is 17.5 Å². The van der Waals surface area contributed by atoms with Crippen molar-refractivity contribution in [1.29, 1.82) is 0 Å². The van der Waals surface area contributed by atoms with E-state index in [9.17, 15) is 9.59 Å². The van der Waals surface area contributed by atoms with E-state index < -0.39 is 5.91 Å². The van der Waals surface area contributed by atoms with Gasteiger partial charge in [0.2, 0.25) is 5.91 Å². The summed E-state index contributed by atoms with van der Waals surface area (Å²) in [5.41, 5.74) is 7.52. The van der Waals surface area contributed by atoms with E-state index in [-0.39, 0.29) is 23.9 Å². The number of hydrogen-bond acceptors (Lipinski definition) is 7. The van der Waals surface area contributed by atoms with Crippen LogP contribution < -0.4 is 20.5 Å². The van der Waals surface area contributed by atoms with E-state index in [1.54, 1.807) is 6.07 Å². The van der Waals surface area contributed by atoms with Gasteiger partial charge < -0.3 is 20.5 Å². The van der Waals surface area contributed by atoms with Crippen LogP contribution in [0.5, 0.6) is 11.5 Å². The number of thioether (sulfide) groups is 1. The van der Waals surface area contributed by atoms with E-state index in [1.807, 2.05) is 56.3 Å². The highest BCUT2D eigenvalue weighted by Gasteiger charge is 2.32. The maximum Gasteiger partial charge on any atom is 0.262 e. The summed E-state index contributed by atoms with van der Waals surface area (Å²) in [6.07, 6.45) is 0.790. The number of thiazole rings is 1. The predicted octanol–water partition coefficient (Wildman–Crippen LogP) is 4.12. The zero-order valence-corrected chi connectivity index (χ0v) is 19.3. The van der Waals surface area contributed by atoms with Crippen LogP contribution in [0, 0.1) is 0 Å². The molecule has 4 rings (SSSR count). The summed E-state index contributed by atoms with van der Waals surface area (Å²) >= 11 is 2.54. The van der Waals surface area contributed by atoms with Gasteiger partial charge in [0.15, 0.2) is 22.4 Å². The molecule has 0 fully saturated rings. The molecule has 2 aromatic carbocycles. The molecule has 1 aliphatic rings. The summed E-state index contributed by atoms with van der Waals surface area (Å²) in [6, 6.07) is 15.2. The minimum Gasteiger partial charge on any atom is -0.483 e. The Labute approximate surface area is 194 Å². The first-order valence-corrected chi connectivity index (χ1v) is 11.8. The number of ether oxygens (including phenoxy) is 2. The highest BCUT2D eigenvalue weighted by atomic mass is 32.2. The number of fused-ring (bicyclic) bond motifs is 1. The van der Waals surface area contributed by atoms with Crippen LogP contribution in [-0.2, 0) is 16.0 Å². The molecule has 0 saturated heterocycles. The van der Waals surface area contributed by atoms with E-state index in [4.69, 9.17) is 15.2 Å². The van der Waals surface area contributed by atoms with Crippen molar-refractivity contribution in [2.45, 2.75) is 30.2 Å². The number of nitrogens with zero attached hydrogens (tertiary/aromatic N) is 1. The Kier molecular flexibility index (Phi) is 6.38. The minimum atomic E-state index is -0.425. The number of aromatic nitrogens is 1. The van der Waals surface area contributed by atoms with Gasteiger partial charge in [-0.3, -0.25) is 9.59 Å². The van der Waals surface area contributed by atoms with Crippen LogP contribution >= 0.6 is 23.1 Å². The van der Waals surface area contributed by atoms with E-state index in [0.717, 1.165) is 17.5 Å². The Morgan fingerprint density at radius 2 is 2.00 bits per heavy atom. The smallest absolute Gasteiger partial charge is 0.262 e. The van der Waals surface area contributed by atoms with E-state index in [0.29, 0.717) is 26.5 Å². The number of hydrogen-bond donors (Lipinski definition) is 2. The fourth-order valence-corrected chi connectivity index (χ4v) is 5.20.